The highest BCUT2D eigenvalue weighted by Gasteiger charge is 2.46. The SMILES string of the molecule is COC(=O)c1c(N(Sc2ccc(F)cc2/C=C\CN2CCC(C(C)(C)O)C2)C(=O)OC)ccc2c1OC[C@@H]1CC21. The van der Waals surface area contributed by atoms with E-state index >= 15 is 0 Å². The van der Waals surface area contributed by atoms with Crippen LogP contribution in [-0.2, 0) is 9.47 Å². The highest BCUT2D eigenvalue weighted by molar-refractivity contribution is 8.01. The van der Waals surface area contributed by atoms with E-state index in [1.807, 2.05) is 32.1 Å². The number of amides is 1. The first-order chi connectivity index (χ1) is 19.1. The van der Waals surface area contributed by atoms with Gasteiger partial charge in [0.2, 0.25) is 0 Å². The van der Waals surface area contributed by atoms with Crippen LogP contribution in [0.2, 0.25) is 0 Å². The highest BCUT2D eigenvalue weighted by Crippen LogP contribution is 2.56. The summed E-state index contributed by atoms with van der Waals surface area (Å²) in [7, 11) is 2.55. The molecule has 10 heteroatoms. The molecule has 3 aliphatic rings. The van der Waals surface area contributed by atoms with Crippen molar-refractivity contribution in [3.05, 3.63) is 58.9 Å². The molecule has 1 saturated carbocycles. The summed E-state index contributed by atoms with van der Waals surface area (Å²) < 4.78 is 31.8. The second kappa shape index (κ2) is 11.4. The summed E-state index contributed by atoms with van der Waals surface area (Å²) in [6, 6.07) is 7.93. The van der Waals surface area contributed by atoms with Gasteiger partial charge < -0.3 is 19.3 Å². The number of rotatable bonds is 8. The predicted octanol–water partition coefficient (Wildman–Crippen LogP) is 5.49. The number of esters is 1. The van der Waals surface area contributed by atoms with Crippen molar-refractivity contribution in [3.8, 4) is 5.75 Å². The van der Waals surface area contributed by atoms with Crippen molar-refractivity contribution in [1.82, 2.24) is 4.90 Å². The van der Waals surface area contributed by atoms with Gasteiger partial charge in [0.05, 0.1) is 32.1 Å². The van der Waals surface area contributed by atoms with Gasteiger partial charge in [-0.1, -0.05) is 18.2 Å². The Bertz CT molecular complexity index is 1330. The zero-order chi connectivity index (χ0) is 28.6. The number of carbonyl (C=O) groups is 2. The van der Waals surface area contributed by atoms with Crippen LogP contribution in [0.15, 0.2) is 41.3 Å². The third-order valence-corrected chi connectivity index (χ3v) is 9.07. The van der Waals surface area contributed by atoms with E-state index in [1.165, 1.54) is 30.7 Å². The van der Waals surface area contributed by atoms with E-state index in [4.69, 9.17) is 14.2 Å². The molecule has 0 bridgehead atoms. The molecule has 214 valence electrons. The van der Waals surface area contributed by atoms with Crippen molar-refractivity contribution in [2.45, 2.75) is 43.1 Å². The third kappa shape index (κ3) is 5.84. The fraction of sp³-hybridized carbons (Fsp3) is 0.467. The minimum Gasteiger partial charge on any atom is -0.492 e. The van der Waals surface area contributed by atoms with E-state index in [0.717, 1.165) is 43.4 Å². The number of methoxy groups -OCH3 is 2. The molecule has 0 spiro atoms. The average Bonchev–Trinajstić information content (AvgIpc) is 3.58. The predicted molar refractivity (Wildman–Crippen MR) is 151 cm³/mol. The maximum atomic E-state index is 14.3. The molecule has 2 aromatic carbocycles. The monoisotopic (exact) mass is 570 g/mol. The number of benzene rings is 2. The number of carbonyl (C=O) groups excluding carboxylic acids is 2. The van der Waals surface area contributed by atoms with Gasteiger partial charge in [-0.2, -0.15) is 0 Å². The first kappa shape index (κ1) is 28.4. The van der Waals surface area contributed by atoms with Crippen LogP contribution in [0, 0.1) is 17.7 Å². The first-order valence-electron chi connectivity index (χ1n) is 13.5. The smallest absolute Gasteiger partial charge is 0.424 e. The maximum Gasteiger partial charge on any atom is 0.424 e. The van der Waals surface area contributed by atoms with Gasteiger partial charge in [0.25, 0.3) is 0 Å². The summed E-state index contributed by atoms with van der Waals surface area (Å²) in [6.07, 6.45) is 4.99. The molecule has 1 amide bonds. The van der Waals surface area contributed by atoms with Crippen molar-refractivity contribution < 1.29 is 33.3 Å². The number of ether oxygens (including phenoxy) is 3. The largest absolute Gasteiger partial charge is 0.492 e. The van der Waals surface area contributed by atoms with Gasteiger partial charge in [-0.3, -0.25) is 4.90 Å². The molecule has 2 heterocycles. The molecule has 2 unspecified atom stereocenters. The van der Waals surface area contributed by atoms with E-state index in [-0.39, 0.29) is 17.2 Å². The summed E-state index contributed by atoms with van der Waals surface area (Å²) in [5, 5.41) is 10.3. The number of aliphatic hydroxyl groups is 1. The fourth-order valence-corrected chi connectivity index (χ4v) is 6.47. The van der Waals surface area contributed by atoms with E-state index in [0.29, 0.717) is 41.2 Å². The molecule has 40 heavy (non-hydrogen) atoms. The topological polar surface area (TPSA) is 88.5 Å². The van der Waals surface area contributed by atoms with E-state index < -0.39 is 23.5 Å². The van der Waals surface area contributed by atoms with E-state index in [1.54, 1.807) is 12.1 Å². The molecule has 1 N–H and O–H groups in total. The third-order valence-electron chi connectivity index (χ3n) is 7.97. The number of likely N-dealkylation sites (tertiary alicyclic amines) is 1. The Morgan fingerprint density at radius 2 is 2.05 bits per heavy atom. The normalized spacial score (nSPS) is 21.9. The van der Waals surface area contributed by atoms with Gasteiger partial charge in [-0.25, -0.2) is 18.3 Å². The Morgan fingerprint density at radius 1 is 1.25 bits per heavy atom. The zero-order valence-corrected chi connectivity index (χ0v) is 24.0. The molecule has 2 aliphatic heterocycles. The maximum absolute atomic E-state index is 14.3. The summed E-state index contributed by atoms with van der Waals surface area (Å²) in [6.45, 7) is 6.49. The lowest BCUT2D eigenvalue weighted by Crippen LogP contribution is -2.33. The summed E-state index contributed by atoms with van der Waals surface area (Å²) >= 11 is 1.03. The lowest BCUT2D eigenvalue weighted by atomic mass is 9.90. The van der Waals surface area contributed by atoms with Crippen LogP contribution in [0.4, 0.5) is 14.9 Å². The molecule has 1 saturated heterocycles. The minimum absolute atomic E-state index is 0.165. The standard InChI is InChI=1S/C30H35FN2O6S/c1-30(2,36)20-11-13-32(16-20)12-5-6-18-14-21(31)7-10-25(18)40-33(29(35)38-4)24-9-8-22-23-15-19(23)17-39-27(22)26(24)28(34)37-3/h5-10,14,19-20,23,36H,11-13,15-17H2,1-4H3/b6-5-/t19-,20?,23?/m0/s1. The van der Waals surface area contributed by atoms with Crippen LogP contribution in [0.3, 0.4) is 0 Å². The lowest BCUT2D eigenvalue weighted by molar-refractivity contribution is 0.0215. The number of nitrogens with zero attached hydrogens (tertiary/aromatic N) is 2. The zero-order valence-electron chi connectivity index (χ0n) is 23.2. The second-order valence-corrected chi connectivity index (χ2v) is 12.1. The van der Waals surface area contributed by atoms with Crippen molar-refractivity contribution in [2.75, 3.05) is 44.8 Å². The van der Waals surface area contributed by atoms with Gasteiger partial charge in [0, 0.05) is 29.8 Å². The fourth-order valence-electron chi connectivity index (χ4n) is 5.51. The minimum atomic E-state index is -0.729. The molecule has 8 nitrogen and oxygen atoms in total. The van der Waals surface area contributed by atoms with Gasteiger partial charge in [-0.15, -0.1) is 0 Å². The molecule has 1 aliphatic carbocycles. The summed E-state index contributed by atoms with van der Waals surface area (Å²) in [4.78, 5) is 28.9. The Kier molecular flexibility index (Phi) is 8.13. The van der Waals surface area contributed by atoms with Gasteiger partial charge in [0.1, 0.15) is 17.1 Å². The van der Waals surface area contributed by atoms with Gasteiger partial charge >= 0.3 is 12.1 Å². The van der Waals surface area contributed by atoms with Crippen molar-refractivity contribution in [3.63, 3.8) is 0 Å². The highest BCUT2D eigenvalue weighted by atomic mass is 32.2. The van der Waals surface area contributed by atoms with Crippen LogP contribution in [0.5, 0.6) is 5.75 Å². The number of halogens is 1. The van der Waals surface area contributed by atoms with Crippen molar-refractivity contribution in [1.29, 1.82) is 0 Å². The van der Waals surface area contributed by atoms with Crippen LogP contribution >= 0.6 is 11.9 Å². The number of hydrogen-bond acceptors (Lipinski definition) is 8. The molecule has 0 aromatic heterocycles. The van der Waals surface area contributed by atoms with Gasteiger partial charge in [-0.05, 0) is 86.5 Å². The molecule has 2 aromatic rings. The first-order valence-corrected chi connectivity index (χ1v) is 14.2. The van der Waals surface area contributed by atoms with Crippen LogP contribution in [-0.4, -0.2) is 68.1 Å². The Hall–Kier alpha value is -3.08. The summed E-state index contributed by atoms with van der Waals surface area (Å²) in [5.74, 6) is 0.397. The molecular formula is C30H35FN2O6S. The van der Waals surface area contributed by atoms with Crippen molar-refractivity contribution >= 4 is 35.8 Å². The van der Waals surface area contributed by atoms with Gasteiger partial charge in [0.15, 0.2) is 0 Å². The molecule has 2 fully saturated rings. The molecule has 0 radical (unpaired) electrons. The van der Waals surface area contributed by atoms with Crippen LogP contribution < -0.4 is 9.04 Å². The Morgan fingerprint density at radius 3 is 2.75 bits per heavy atom. The average molecular weight is 571 g/mol. The lowest BCUT2D eigenvalue weighted by Gasteiger charge is -2.26. The van der Waals surface area contributed by atoms with Crippen molar-refractivity contribution in [2.24, 2.45) is 11.8 Å². The van der Waals surface area contributed by atoms with Crippen LogP contribution in [0.1, 0.15) is 54.1 Å². The molecule has 5 rings (SSSR count). The molecular weight excluding hydrogens is 535 g/mol. The van der Waals surface area contributed by atoms with E-state index in [2.05, 4.69) is 4.90 Å². The number of hydrogen-bond donors (Lipinski definition) is 1. The van der Waals surface area contributed by atoms with E-state index in [9.17, 15) is 19.1 Å². The summed E-state index contributed by atoms with van der Waals surface area (Å²) in [5.41, 5.74) is 1.22. The Balaban J connectivity index is 1.43. The quantitative estimate of drug-likeness (QED) is 0.329. The number of fused-ring (bicyclic) bond motifs is 3. The second-order valence-electron chi connectivity index (χ2n) is 11.1. The molecule has 3 atom stereocenters. The van der Waals surface area contributed by atoms with Crippen LogP contribution in [0.25, 0.3) is 6.08 Å². The number of anilines is 1. The Labute approximate surface area is 238 Å².